The topological polar surface area (TPSA) is 93.1 Å². The monoisotopic (exact) mass is 520 g/mol. The molecule has 0 saturated heterocycles. The Bertz CT molecular complexity index is 1340. The van der Waals surface area contributed by atoms with Crippen LogP contribution < -0.4 is 16.2 Å². The fourth-order valence-electron chi connectivity index (χ4n) is 3.41. The fraction of sp³-hybridized carbons (Fsp3) is 0.217. The van der Waals surface area contributed by atoms with E-state index in [9.17, 15) is 27.6 Å². The predicted molar refractivity (Wildman–Crippen MR) is 129 cm³/mol. The van der Waals surface area contributed by atoms with Crippen molar-refractivity contribution >= 4 is 46.7 Å². The van der Waals surface area contributed by atoms with E-state index in [4.69, 9.17) is 0 Å². The number of alkyl halides is 3. The number of nitrogens with one attached hydrogen (secondary N) is 2. The molecule has 0 bridgehead atoms. The van der Waals surface area contributed by atoms with Gasteiger partial charge in [0.1, 0.15) is 0 Å². The highest BCUT2D eigenvalue weighted by Crippen LogP contribution is 2.33. The number of amides is 2. The third-order valence-electron chi connectivity index (χ3n) is 4.92. The van der Waals surface area contributed by atoms with Gasteiger partial charge in [0.2, 0.25) is 11.8 Å². The Morgan fingerprint density at radius 1 is 1.11 bits per heavy atom. The average molecular weight is 521 g/mol. The maximum Gasteiger partial charge on any atom is 0.416 e. The van der Waals surface area contributed by atoms with Crippen LogP contribution in [0, 0.1) is 0 Å². The van der Waals surface area contributed by atoms with Gasteiger partial charge in [0, 0.05) is 30.5 Å². The Hall–Kier alpha value is -3.25. The molecular formula is C23H19F3N4O3S2. The summed E-state index contributed by atoms with van der Waals surface area (Å²) in [7, 11) is 0. The molecule has 1 aliphatic heterocycles. The number of fused-ring (bicyclic) bond motifs is 1. The van der Waals surface area contributed by atoms with Gasteiger partial charge in [-0.2, -0.15) is 13.2 Å². The third kappa shape index (κ3) is 5.88. The second kappa shape index (κ2) is 10.2. The van der Waals surface area contributed by atoms with Crippen molar-refractivity contribution < 1.29 is 22.8 Å². The minimum atomic E-state index is -4.57. The molecule has 0 fully saturated rings. The lowest BCUT2D eigenvalue weighted by Crippen LogP contribution is -2.25. The second-order valence-corrected chi connectivity index (χ2v) is 9.60. The Balaban J connectivity index is 1.57. The summed E-state index contributed by atoms with van der Waals surface area (Å²) in [6.45, 7) is 1.39. The molecule has 0 unspecified atom stereocenters. The first-order valence-corrected chi connectivity index (χ1v) is 12.4. The maximum absolute atomic E-state index is 13.3. The van der Waals surface area contributed by atoms with E-state index in [-0.39, 0.29) is 28.4 Å². The van der Waals surface area contributed by atoms with E-state index in [1.54, 1.807) is 24.3 Å². The lowest BCUT2D eigenvalue weighted by atomic mass is 10.2. The first kappa shape index (κ1) is 24.9. The molecule has 0 atom stereocenters. The molecule has 0 radical (unpaired) electrons. The van der Waals surface area contributed by atoms with Gasteiger partial charge < -0.3 is 10.6 Å². The van der Waals surface area contributed by atoms with Gasteiger partial charge in [0.25, 0.3) is 5.56 Å². The van der Waals surface area contributed by atoms with Crippen molar-refractivity contribution in [2.75, 3.05) is 22.1 Å². The fourth-order valence-corrected chi connectivity index (χ4v) is 5.26. The molecule has 0 saturated carbocycles. The number of anilines is 2. The van der Waals surface area contributed by atoms with Crippen LogP contribution in [0.5, 0.6) is 0 Å². The van der Waals surface area contributed by atoms with Crippen molar-refractivity contribution in [3.8, 4) is 5.69 Å². The summed E-state index contributed by atoms with van der Waals surface area (Å²) in [5.41, 5.74) is 0.358. The van der Waals surface area contributed by atoms with Gasteiger partial charge in [-0.25, -0.2) is 4.98 Å². The smallest absolute Gasteiger partial charge is 0.326 e. The lowest BCUT2D eigenvalue weighted by molar-refractivity contribution is -0.137. The molecule has 12 heteroatoms. The van der Waals surface area contributed by atoms with E-state index in [0.717, 1.165) is 28.5 Å². The lowest BCUT2D eigenvalue weighted by Gasteiger charge is -2.15. The van der Waals surface area contributed by atoms with Gasteiger partial charge in [-0.05, 0) is 42.5 Å². The standard InChI is InChI=1S/C23H19F3N4O3S2/c1-13(31)27-15-5-7-16(8-6-15)28-19(32)12-35-22-29-18-9-10-34-20(18)21(33)30(22)17-4-2-3-14(11-17)23(24,25)26/h2-8,11H,9-10,12H2,1H3,(H,27,31)(H,28,32). The van der Waals surface area contributed by atoms with Crippen LogP contribution in [-0.2, 0) is 22.2 Å². The van der Waals surface area contributed by atoms with Crippen LogP contribution >= 0.6 is 23.5 Å². The van der Waals surface area contributed by atoms with Crippen molar-refractivity contribution in [1.82, 2.24) is 9.55 Å². The first-order valence-electron chi connectivity index (χ1n) is 10.4. The quantitative estimate of drug-likeness (QED) is 0.365. The number of nitrogens with zero attached hydrogens (tertiary/aromatic N) is 2. The summed E-state index contributed by atoms with van der Waals surface area (Å²) in [6.07, 6.45) is -4.00. The third-order valence-corrected chi connectivity index (χ3v) is 6.97. The molecule has 2 N–H and O–H groups in total. The van der Waals surface area contributed by atoms with Crippen molar-refractivity contribution in [3.63, 3.8) is 0 Å². The summed E-state index contributed by atoms with van der Waals surface area (Å²) >= 11 is 2.29. The van der Waals surface area contributed by atoms with Crippen LogP contribution in [0.4, 0.5) is 24.5 Å². The minimum absolute atomic E-state index is 0.0316. The zero-order valence-corrected chi connectivity index (χ0v) is 19.9. The molecule has 3 aromatic rings. The number of rotatable bonds is 6. The Morgan fingerprint density at radius 2 is 1.80 bits per heavy atom. The summed E-state index contributed by atoms with van der Waals surface area (Å²) in [4.78, 5) is 41.7. The summed E-state index contributed by atoms with van der Waals surface area (Å²) in [5, 5.41) is 5.48. The Labute approximate surface area is 206 Å². The molecule has 2 aromatic carbocycles. The van der Waals surface area contributed by atoms with Gasteiger partial charge in [-0.1, -0.05) is 17.8 Å². The van der Waals surface area contributed by atoms with Gasteiger partial charge in [0.15, 0.2) is 5.16 Å². The predicted octanol–water partition coefficient (Wildman–Crippen LogP) is 4.59. The van der Waals surface area contributed by atoms with Crippen LogP contribution in [0.3, 0.4) is 0 Å². The van der Waals surface area contributed by atoms with Crippen molar-refractivity contribution in [1.29, 1.82) is 0 Å². The molecule has 1 aromatic heterocycles. The number of aryl methyl sites for hydroxylation is 1. The average Bonchev–Trinajstić information content (AvgIpc) is 3.27. The van der Waals surface area contributed by atoms with Crippen LogP contribution in [0.25, 0.3) is 5.69 Å². The molecule has 2 amide bonds. The minimum Gasteiger partial charge on any atom is -0.326 e. The van der Waals surface area contributed by atoms with Gasteiger partial charge in [-0.15, -0.1) is 11.8 Å². The number of hydrogen-bond acceptors (Lipinski definition) is 6. The SMILES string of the molecule is CC(=O)Nc1ccc(NC(=O)CSc2nc3c(c(=O)n2-c2cccc(C(F)(F)F)c2)SCC3)cc1. The van der Waals surface area contributed by atoms with E-state index >= 15 is 0 Å². The largest absolute Gasteiger partial charge is 0.416 e. The molecule has 0 spiro atoms. The van der Waals surface area contributed by atoms with Gasteiger partial charge in [0.05, 0.1) is 27.6 Å². The molecule has 0 aliphatic carbocycles. The molecule has 4 rings (SSSR count). The van der Waals surface area contributed by atoms with Gasteiger partial charge in [-0.3, -0.25) is 19.0 Å². The first-order chi connectivity index (χ1) is 16.6. The summed E-state index contributed by atoms with van der Waals surface area (Å²) < 4.78 is 40.9. The number of thioether (sulfide) groups is 2. The highest BCUT2D eigenvalue weighted by atomic mass is 32.2. The van der Waals surface area contributed by atoms with E-state index in [1.807, 2.05) is 0 Å². The molecule has 35 heavy (non-hydrogen) atoms. The van der Waals surface area contributed by atoms with Crippen LogP contribution in [0.1, 0.15) is 18.2 Å². The number of carbonyl (C=O) groups is 2. The van der Waals surface area contributed by atoms with E-state index in [0.29, 0.717) is 34.1 Å². The van der Waals surface area contributed by atoms with Crippen molar-refractivity contribution in [2.45, 2.75) is 29.6 Å². The number of benzene rings is 2. The zero-order valence-electron chi connectivity index (χ0n) is 18.3. The van der Waals surface area contributed by atoms with E-state index in [2.05, 4.69) is 15.6 Å². The van der Waals surface area contributed by atoms with Crippen molar-refractivity contribution in [3.05, 3.63) is 70.1 Å². The highest BCUT2D eigenvalue weighted by Gasteiger charge is 2.31. The molecule has 1 aliphatic rings. The number of aromatic nitrogens is 2. The molecule has 182 valence electrons. The van der Waals surface area contributed by atoms with Crippen LogP contribution in [0.2, 0.25) is 0 Å². The van der Waals surface area contributed by atoms with E-state index in [1.165, 1.54) is 30.8 Å². The zero-order chi connectivity index (χ0) is 25.2. The van der Waals surface area contributed by atoms with Crippen LogP contribution in [-0.4, -0.2) is 32.9 Å². The van der Waals surface area contributed by atoms with E-state index < -0.39 is 17.3 Å². The van der Waals surface area contributed by atoms with Crippen LogP contribution in [0.15, 0.2) is 63.4 Å². The number of halogens is 3. The second-order valence-electron chi connectivity index (χ2n) is 7.55. The van der Waals surface area contributed by atoms with Gasteiger partial charge >= 0.3 is 6.18 Å². The Morgan fingerprint density at radius 3 is 2.46 bits per heavy atom. The van der Waals surface area contributed by atoms with Crippen molar-refractivity contribution in [2.24, 2.45) is 0 Å². The number of carbonyl (C=O) groups excluding carboxylic acids is 2. The molecule has 7 nitrogen and oxygen atoms in total. The summed E-state index contributed by atoms with van der Waals surface area (Å²) in [6, 6.07) is 11.0. The maximum atomic E-state index is 13.3. The highest BCUT2D eigenvalue weighted by molar-refractivity contribution is 8.00. The normalized spacial score (nSPS) is 12.8. The number of hydrogen-bond donors (Lipinski definition) is 2. The molecule has 2 heterocycles. The molecular weight excluding hydrogens is 501 g/mol. The Kier molecular flexibility index (Phi) is 7.22. The summed E-state index contributed by atoms with van der Waals surface area (Å²) in [5.74, 6) is -0.0687.